The summed E-state index contributed by atoms with van der Waals surface area (Å²) in [6, 6.07) is 12.2. The summed E-state index contributed by atoms with van der Waals surface area (Å²) in [4.78, 5) is 73.1. The van der Waals surface area contributed by atoms with Crippen LogP contribution in [0.2, 0.25) is 0 Å². The summed E-state index contributed by atoms with van der Waals surface area (Å²) in [7, 11) is -5.43. The summed E-state index contributed by atoms with van der Waals surface area (Å²) < 4.78 is 66.2. The van der Waals surface area contributed by atoms with Gasteiger partial charge in [-0.3, -0.25) is 28.3 Å². The molecule has 3 saturated heterocycles. The average molecular weight is 903 g/mol. The van der Waals surface area contributed by atoms with E-state index >= 15 is 8.78 Å². The molecule has 1 aromatic heterocycles. The Morgan fingerprint density at radius 3 is 2.51 bits per heavy atom. The van der Waals surface area contributed by atoms with Gasteiger partial charge in [-0.1, -0.05) is 67.9 Å². The summed E-state index contributed by atoms with van der Waals surface area (Å²) in [6.07, 6.45) is 2.04. The van der Waals surface area contributed by atoms with Crippen LogP contribution in [0.3, 0.4) is 0 Å². The number of amides is 3. The van der Waals surface area contributed by atoms with E-state index in [-0.39, 0.29) is 57.9 Å². The van der Waals surface area contributed by atoms with Gasteiger partial charge in [0.2, 0.25) is 24.6 Å². The largest absolute Gasteiger partial charge is 0.510 e. The van der Waals surface area contributed by atoms with Crippen molar-refractivity contribution >= 4 is 69.8 Å². The molecule has 0 radical (unpaired) electrons. The van der Waals surface area contributed by atoms with Crippen LogP contribution in [0.25, 0.3) is 14.9 Å². The van der Waals surface area contributed by atoms with Crippen molar-refractivity contribution in [2.24, 2.45) is 0 Å². The lowest BCUT2D eigenvalue weighted by Gasteiger charge is -2.36. The van der Waals surface area contributed by atoms with Gasteiger partial charge in [0.1, 0.15) is 12.1 Å². The molecule has 3 aromatic rings. The van der Waals surface area contributed by atoms with E-state index in [2.05, 4.69) is 10.2 Å². The number of hydrogen-bond donors (Lipinski definition) is 1. The van der Waals surface area contributed by atoms with Crippen molar-refractivity contribution < 1.29 is 55.8 Å². The number of thioether (sulfide) groups is 1. The molecule has 3 fully saturated rings. The van der Waals surface area contributed by atoms with Crippen LogP contribution in [0.4, 0.5) is 13.6 Å². The molecule has 0 aliphatic carbocycles. The standard InChI is InChI=1S/C42H49F2N4O10PS2/c1-5-37(49)60-20-19-56-59(54,57-25-55-41(53)58-26(2)3)42(43,44)29-15-18-35-28(21-29)22-36(61-35)38(50)46-32-14-10-9-13-30-16-17-34(48(30)39(32)51)40(52)47-23-31(33(24-47)45-4)27-11-7-6-8-12-27/h6-8,11-12,15,18,21-22,26,30-34H,5,9-10,13-14,16-17,19-20,23-25H2,1-3H3,(H,46,50)/t30-,31-,32-,33+,34-,59?/m0/s1. The monoisotopic (exact) mass is 902 g/mol. The molecule has 14 nitrogen and oxygen atoms in total. The van der Waals surface area contributed by atoms with E-state index < -0.39 is 68.5 Å². The number of likely N-dealkylation sites (tertiary alicyclic amines) is 1. The van der Waals surface area contributed by atoms with E-state index in [9.17, 15) is 28.5 Å². The molecule has 3 amide bonds. The van der Waals surface area contributed by atoms with Gasteiger partial charge in [0.25, 0.3) is 5.91 Å². The molecule has 4 heterocycles. The van der Waals surface area contributed by atoms with Gasteiger partial charge in [-0.15, -0.1) is 11.3 Å². The average Bonchev–Trinajstić information content (AvgIpc) is 3.99. The number of hydrogen-bond acceptors (Lipinski definition) is 12. The highest BCUT2D eigenvalue weighted by atomic mass is 32.2. The lowest BCUT2D eigenvalue weighted by molar-refractivity contribution is -0.146. The lowest BCUT2D eigenvalue weighted by atomic mass is 9.95. The number of ether oxygens (including phenoxy) is 2. The Hall–Kier alpha value is -4.40. The summed E-state index contributed by atoms with van der Waals surface area (Å²) in [5, 5.41) is 2.85. The molecule has 3 aliphatic heterocycles. The van der Waals surface area contributed by atoms with Gasteiger partial charge in [0, 0.05) is 35.0 Å². The Morgan fingerprint density at radius 1 is 1.03 bits per heavy atom. The molecule has 6 atom stereocenters. The van der Waals surface area contributed by atoms with E-state index in [4.69, 9.17) is 25.1 Å². The summed E-state index contributed by atoms with van der Waals surface area (Å²) in [6.45, 7) is 11.4. The van der Waals surface area contributed by atoms with Gasteiger partial charge >= 0.3 is 19.4 Å². The van der Waals surface area contributed by atoms with Crippen LogP contribution in [-0.2, 0) is 43.1 Å². The van der Waals surface area contributed by atoms with Crippen LogP contribution in [0, 0.1) is 6.57 Å². The first kappa shape index (κ1) is 46.1. The molecular formula is C42H49F2N4O10PS2. The normalized spacial score (nSPS) is 22.8. The number of nitrogens with one attached hydrogen (secondary N) is 1. The van der Waals surface area contributed by atoms with Crippen molar-refractivity contribution in [1.82, 2.24) is 15.1 Å². The third-order valence-corrected chi connectivity index (χ3v) is 15.0. The number of halogens is 2. The maximum Gasteiger partial charge on any atom is 0.510 e. The van der Waals surface area contributed by atoms with Crippen molar-refractivity contribution in [2.45, 2.75) is 108 Å². The molecule has 2 aromatic carbocycles. The topological polar surface area (TPSA) is 162 Å². The zero-order chi connectivity index (χ0) is 43.9. The number of carbonyl (C=O) groups excluding carboxylic acids is 5. The van der Waals surface area contributed by atoms with Gasteiger partial charge in [-0.25, -0.2) is 11.4 Å². The van der Waals surface area contributed by atoms with Crippen LogP contribution < -0.4 is 5.32 Å². The maximum absolute atomic E-state index is 16.2. The van der Waals surface area contributed by atoms with Crippen LogP contribution in [-0.4, -0.2) is 101 Å². The molecule has 3 aliphatic rings. The molecule has 0 spiro atoms. The molecule has 6 rings (SSSR count). The van der Waals surface area contributed by atoms with Crippen molar-refractivity contribution in [1.29, 1.82) is 0 Å². The minimum absolute atomic E-state index is 0.0927. The zero-order valence-electron chi connectivity index (χ0n) is 34.1. The van der Waals surface area contributed by atoms with E-state index in [0.29, 0.717) is 36.9 Å². The second-order valence-corrected chi connectivity index (χ2v) is 19.7. The minimum Gasteiger partial charge on any atom is -0.432 e. The molecule has 0 bridgehead atoms. The highest BCUT2D eigenvalue weighted by Gasteiger charge is 2.56. The zero-order valence-corrected chi connectivity index (χ0v) is 36.6. The Labute approximate surface area is 361 Å². The molecule has 19 heteroatoms. The Morgan fingerprint density at radius 2 is 1.79 bits per heavy atom. The van der Waals surface area contributed by atoms with Gasteiger partial charge in [-0.2, -0.15) is 8.78 Å². The number of rotatable bonds is 15. The molecular weight excluding hydrogens is 854 g/mol. The first-order valence-electron chi connectivity index (χ1n) is 20.3. The molecule has 61 heavy (non-hydrogen) atoms. The Bertz CT molecular complexity index is 2190. The third kappa shape index (κ3) is 10.6. The molecule has 1 unspecified atom stereocenters. The van der Waals surface area contributed by atoms with Crippen molar-refractivity contribution in [3.05, 3.63) is 82.0 Å². The number of thiophene rings is 1. The Balaban J connectivity index is 1.16. The van der Waals surface area contributed by atoms with Gasteiger partial charge in [0.15, 0.2) is 5.12 Å². The summed E-state index contributed by atoms with van der Waals surface area (Å²) in [5.74, 6) is -1.38. The number of nitrogens with zero attached hydrogens (tertiary/aromatic N) is 3. The van der Waals surface area contributed by atoms with E-state index in [1.807, 2.05) is 30.3 Å². The van der Waals surface area contributed by atoms with Crippen molar-refractivity contribution in [3.63, 3.8) is 0 Å². The second-order valence-electron chi connectivity index (χ2n) is 15.4. The predicted octanol–water partition coefficient (Wildman–Crippen LogP) is 8.31. The minimum atomic E-state index is -5.43. The number of carbonyl (C=O) groups is 5. The first-order valence-corrected chi connectivity index (χ1v) is 23.6. The number of fused-ring (bicyclic) bond motifs is 2. The fourth-order valence-corrected chi connectivity index (χ4v) is 11.0. The maximum atomic E-state index is 16.2. The highest BCUT2D eigenvalue weighted by molar-refractivity contribution is 8.13. The lowest BCUT2D eigenvalue weighted by Crippen LogP contribution is -2.56. The van der Waals surface area contributed by atoms with Crippen LogP contribution in [0.15, 0.2) is 54.6 Å². The van der Waals surface area contributed by atoms with Crippen molar-refractivity contribution in [3.8, 4) is 0 Å². The second kappa shape index (κ2) is 20.2. The van der Waals surface area contributed by atoms with E-state index in [1.165, 1.54) is 12.1 Å². The van der Waals surface area contributed by atoms with Crippen LogP contribution in [0.1, 0.15) is 92.4 Å². The molecule has 328 valence electrons. The fraction of sp³-hybridized carbons (Fsp3) is 0.524. The SMILES string of the molecule is [C-]#[N+][C@@H]1CN(C(=O)[C@@H]2CC[C@@H]3CCCC[C@H](NC(=O)c4cc5cc(C(F)(F)P(=O)(OCCSC(=O)CC)OCOC(=O)OC(C)C)ccc5s4)C(=O)N32)C[C@H]1c1ccccc1. The van der Waals surface area contributed by atoms with Crippen LogP contribution >= 0.6 is 30.7 Å². The van der Waals surface area contributed by atoms with Gasteiger partial charge < -0.3 is 34.0 Å². The highest BCUT2D eigenvalue weighted by Crippen LogP contribution is 2.67. The van der Waals surface area contributed by atoms with E-state index in [1.54, 1.807) is 30.6 Å². The number of benzene rings is 2. The van der Waals surface area contributed by atoms with Crippen LogP contribution in [0.5, 0.6) is 0 Å². The molecule has 1 N–H and O–H groups in total. The Kier molecular flexibility index (Phi) is 15.3. The summed E-state index contributed by atoms with van der Waals surface area (Å²) in [5.41, 5.74) is -4.06. The van der Waals surface area contributed by atoms with E-state index in [0.717, 1.165) is 53.6 Å². The first-order chi connectivity index (χ1) is 29.1. The van der Waals surface area contributed by atoms with Crippen molar-refractivity contribution in [2.75, 3.05) is 32.2 Å². The number of alkyl halides is 2. The molecule has 0 saturated carbocycles. The predicted molar refractivity (Wildman–Crippen MR) is 225 cm³/mol. The summed E-state index contributed by atoms with van der Waals surface area (Å²) >= 11 is 1.83. The van der Waals surface area contributed by atoms with Gasteiger partial charge in [-0.05, 0) is 68.7 Å². The van der Waals surface area contributed by atoms with Gasteiger partial charge in [0.05, 0.1) is 30.1 Å². The third-order valence-electron chi connectivity index (χ3n) is 11.0. The quantitative estimate of drug-likeness (QED) is 0.0513. The smallest absolute Gasteiger partial charge is 0.432 e. The fourth-order valence-electron chi connectivity index (χ4n) is 7.96.